The Labute approximate surface area is 197 Å². The van der Waals surface area contributed by atoms with Crippen molar-refractivity contribution in [1.82, 2.24) is 34.8 Å². The summed E-state index contributed by atoms with van der Waals surface area (Å²) in [5.41, 5.74) is 0.935. The zero-order valence-electron chi connectivity index (χ0n) is 19.6. The average molecular weight is 466 g/mol. The van der Waals surface area contributed by atoms with Gasteiger partial charge in [-0.3, -0.25) is 9.78 Å². The van der Waals surface area contributed by atoms with Crippen molar-refractivity contribution < 1.29 is 19.1 Å². The van der Waals surface area contributed by atoms with Crippen LogP contribution in [0.15, 0.2) is 42.6 Å². The van der Waals surface area contributed by atoms with Crippen LogP contribution in [0.3, 0.4) is 0 Å². The maximum Gasteiger partial charge on any atom is 0.410 e. The standard InChI is InChI=1S/C23H27N7O4/c1-23(2,3)34-22(32)29-13-11-28(12-14-29)21(31)17-15-18(16-7-5-6-10-24-16)30(27-17)19-8-9-20(33-4)26-25-19/h5-10,15H,11-14H2,1-4H3. The lowest BCUT2D eigenvalue weighted by atomic mass is 10.2. The molecule has 3 aromatic heterocycles. The van der Waals surface area contributed by atoms with Crippen molar-refractivity contribution in [3.05, 3.63) is 48.3 Å². The summed E-state index contributed by atoms with van der Waals surface area (Å²) in [6.07, 6.45) is 1.29. The fourth-order valence-corrected chi connectivity index (χ4v) is 3.47. The van der Waals surface area contributed by atoms with Gasteiger partial charge in [0.1, 0.15) is 5.60 Å². The molecule has 178 valence electrons. The first kappa shape index (κ1) is 23.1. The van der Waals surface area contributed by atoms with E-state index >= 15 is 0 Å². The summed E-state index contributed by atoms with van der Waals surface area (Å²) < 4.78 is 12.1. The van der Waals surface area contributed by atoms with Crippen LogP contribution in [0, 0.1) is 0 Å². The SMILES string of the molecule is COc1ccc(-n2nc(C(=O)N3CCN(C(=O)OC(C)(C)C)CC3)cc2-c2ccccn2)nn1. The maximum atomic E-state index is 13.3. The zero-order valence-corrected chi connectivity index (χ0v) is 19.6. The molecule has 0 saturated carbocycles. The second kappa shape index (κ2) is 9.46. The number of hydrogen-bond donors (Lipinski definition) is 0. The van der Waals surface area contributed by atoms with Crippen molar-refractivity contribution >= 4 is 12.0 Å². The first-order valence-corrected chi connectivity index (χ1v) is 10.9. The number of nitrogens with zero attached hydrogens (tertiary/aromatic N) is 7. The summed E-state index contributed by atoms with van der Waals surface area (Å²) in [6, 6.07) is 10.6. The number of carbonyl (C=O) groups is 2. The molecule has 1 fully saturated rings. The molecule has 0 atom stereocenters. The summed E-state index contributed by atoms with van der Waals surface area (Å²) >= 11 is 0. The highest BCUT2D eigenvalue weighted by Gasteiger charge is 2.29. The number of carbonyl (C=O) groups excluding carboxylic acids is 2. The van der Waals surface area contributed by atoms with Crippen LogP contribution in [0.2, 0.25) is 0 Å². The first-order valence-electron chi connectivity index (χ1n) is 10.9. The number of rotatable bonds is 4. The molecule has 0 unspecified atom stereocenters. The molecule has 11 heteroatoms. The molecule has 0 bridgehead atoms. The quantitative estimate of drug-likeness (QED) is 0.577. The van der Waals surface area contributed by atoms with Crippen molar-refractivity contribution in [3.63, 3.8) is 0 Å². The van der Waals surface area contributed by atoms with Gasteiger partial charge in [-0.1, -0.05) is 6.07 Å². The Morgan fingerprint density at radius 2 is 1.71 bits per heavy atom. The highest BCUT2D eigenvalue weighted by atomic mass is 16.6. The van der Waals surface area contributed by atoms with E-state index in [1.807, 2.05) is 39.0 Å². The van der Waals surface area contributed by atoms with Gasteiger partial charge in [0, 0.05) is 38.4 Å². The van der Waals surface area contributed by atoms with E-state index in [2.05, 4.69) is 20.3 Å². The molecule has 2 amide bonds. The van der Waals surface area contributed by atoms with Crippen LogP contribution in [0.4, 0.5) is 4.79 Å². The summed E-state index contributed by atoms with van der Waals surface area (Å²) in [7, 11) is 1.51. The summed E-state index contributed by atoms with van der Waals surface area (Å²) in [4.78, 5) is 33.3. The Bertz CT molecular complexity index is 1150. The molecular weight excluding hydrogens is 438 g/mol. The van der Waals surface area contributed by atoms with E-state index < -0.39 is 5.60 Å². The molecule has 11 nitrogen and oxygen atoms in total. The van der Waals surface area contributed by atoms with E-state index in [-0.39, 0.29) is 17.7 Å². The van der Waals surface area contributed by atoms with Gasteiger partial charge >= 0.3 is 6.09 Å². The molecule has 1 aliphatic rings. The van der Waals surface area contributed by atoms with Crippen LogP contribution >= 0.6 is 0 Å². The predicted molar refractivity (Wildman–Crippen MR) is 123 cm³/mol. The molecule has 0 aliphatic carbocycles. The van der Waals surface area contributed by atoms with E-state index in [0.29, 0.717) is 49.3 Å². The number of piperazine rings is 1. The Morgan fingerprint density at radius 1 is 0.971 bits per heavy atom. The zero-order chi connectivity index (χ0) is 24.3. The van der Waals surface area contributed by atoms with Gasteiger partial charge in [0.05, 0.1) is 18.5 Å². The van der Waals surface area contributed by atoms with Crippen molar-refractivity contribution in [3.8, 4) is 23.1 Å². The average Bonchev–Trinajstić information content (AvgIpc) is 3.29. The van der Waals surface area contributed by atoms with Crippen LogP contribution in [0.5, 0.6) is 5.88 Å². The molecule has 0 N–H and O–H groups in total. The molecule has 3 aromatic rings. The summed E-state index contributed by atoms with van der Waals surface area (Å²) in [6.45, 7) is 7.02. The lowest BCUT2D eigenvalue weighted by Crippen LogP contribution is -2.51. The minimum atomic E-state index is -0.566. The van der Waals surface area contributed by atoms with Gasteiger partial charge in [-0.05, 0) is 45.0 Å². The monoisotopic (exact) mass is 465 g/mol. The first-order chi connectivity index (χ1) is 16.2. The Balaban J connectivity index is 1.55. The van der Waals surface area contributed by atoms with Crippen LogP contribution in [-0.4, -0.2) is 85.7 Å². The van der Waals surface area contributed by atoms with Gasteiger partial charge in [0.15, 0.2) is 11.5 Å². The second-order valence-electron chi connectivity index (χ2n) is 8.74. The molecule has 4 heterocycles. The molecule has 4 rings (SSSR count). The van der Waals surface area contributed by atoms with Gasteiger partial charge in [-0.25, -0.2) is 9.48 Å². The van der Waals surface area contributed by atoms with Gasteiger partial charge in [0.25, 0.3) is 5.91 Å². The topological polar surface area (TPSA) is 116 Å². The summed E-state index contributed by atoms with van der Waals surface area (Å²) in [5.74, 6) is 0.561. The highest BCUT2D eigenvalue weighted by molar-refractivity contribution is 5.93. The van der Waals surface area contributed by atoms with Crippen molar-refractivity contribution in [1.29, 1.82) is 0 Å². The van der Waals surface area contributed by atoms with Crippen LogP contribution in [-0.2, 0) is 4.74 Å². The maximum absolute atomic E-state index is 13.3. The van der Waals surface area contributed by atoms with Gasteiger partial charge in [0.2, 0.25) is 5.88 Å². The van der Waals surface area contributed by atoms with Crippen LogP contribution in [0.25, 0.3) is 17.2 Å². The lowest BCUT2D eigenvalue weighted by molar-refractivity contribution is 0.0140. The molecule has 1 aliphatic heterocycles. The Kier molecular flexibility index (Phi) is 6.44. The third-order valence-corrected chi connectivity index (χ3v) is 5.13. The normalized spacial score (nSPS) is 14.1. The smallest absolute Gasteiger partial charge is 0.410 e. The molecule has 0 spiro atoms. The lowest BCUT2D eigenvalue weighted by Gasteiger charge is -2.35. The molecule has 34 heavy (non-hydrogen) atoms. The van der Waals surface area contributed by atoms with E-state index in [0.717, 1.165) is 0 Å². The number of amides is 2. The van der Waals surface area contributed by atoms with Gasteiger partial charge < -0.3 is 19.3 Å². The number of methoxy groups -OCH3 is 1. The van der Waals surface area contributed by atoms with E-state index in [9.17, 15) is 9.59 Å². The summed E-state index contributed by atoms with van der Waals surface area (Å²) in [5, 5.41) is 12.7. The third kappa shape index (κ3) is 5.13. The second-order valence-corrected chi connectivity index (χ2v) is 8.74. The fourth-order valence-electron chi connectivity index (χ4n) is 3.47. The third-order valence-electron chi connectivity index (χ3n) is 5.13. The number of pyridine rings is 1. The fraction of sp³-hybridized carbons (Fsp3) is 0.391. The van der Waals surface area contributed by atoms with Crippen molar-refractivity contribution in [2.75, 3.05) is 33.3 Å². The molecule has 0 radical (unpaired) electrons. The van der Waals surface area contributed by atoms with Crippen molar-refractivity contribution in [2.45, 2.75) is 26.4 Å². The Morgan fingerprint density at radius 3 is 2.29 bits per heavy atom. The molecular formula is C23H27N7O4. The van der Waals surface area contributed by atoms with Crippen molar-refractivity contribution in [2.24, 2.45) is 0 Å². The van der Waals surface area contributed by atoms with Crippen LogP contribution in [0.1, 0.15) is 31.3 Å². The number of aromatic nitrogens is 5. The van der Waals surface area contributed by atoms with E-state index in [4.69, 9.17) is 9.47 Å². The Hall–Kier alpha value is -4.02. The number of ether oxygens (including phenoxy) is 2. The van der Waals surface area contributed by atoms with E-state index in [1.165, 1.54) is 7.11 Å². The number of hydrogen-bond acceptors (Lipinski definition) is 8. The van der Waals surface area contributed by atoms with Gasteiger partial charge in [-0.2, -0.15) is 5.10 Å². The highest BCUT2D eigenvalue weighted by Crippen LogP contribution is 2.23. The molecule has 0 aromatic carbocycles. The predicted octanol–water partition coefficient (Wildman–Crippen LogP) is 2.43. The minimum Gasteiger partial charge on any atom is -0.480 e. The largest absolute Gasteiger partial charge is 0.480 e. The molecule has 1 saturated heterocycles. The minimum absolute atomic E-state index is 0.235. The van der Waals surface area contributed by atoms with Crippen LogP contribution < -0.4 is 4.74 Å². The van der Waals surface area contributed by atoms with E-state index in [1.54, 1.807) is 38.9 Å². The van der Waals surface area contributed by atoms with Gasteiger partial charge in [-0.15, -0.1) is 10.2 Å².